The molecule has 2 heteroatoms. The van der Waals surface area contributed by atoms with Gasteiger partial charge >= 0.3 is 0 Å². The second-order valence-corrected chi connectivity index (χ2v) is 4.84. The standard InChI is InChI=1S/C11H21NO/c1-3-9(2)11(13)5-7-12-6-4-10(11)8-12/h9-10,13H,3-8H2,1-2H3. The zero-order chi connectivity index (χ0) is 9.47. The van der Waals surface area contributed by atoms with E-state index in [0.29, 0.717) is 11.8 Å². The van der Waals surface area contributed by atoms with Crippen LogP contribution in [0.4, 0.5) is 0 Å². The van der Waals surface area contributed by atoms with E-state index in [0.717, 1.165) is 25.9 Å². The van der Waals surface area contributed by atoms with Gasteiger partial charge in [0, 0.05) is 19.0 Å². The molecule has 0 radical (unpaired) electrons. The number of nitrogens with zero attached hydrogens (tertiary/aromatic N) is 1. The molecule has 0 aromatic heterocycles. The van der Waals surface area contributed by atoms with E-state index in [2.05, 4.69) is 18.7 Å². The monoisotopic (exact) mass is 183 g/mol. The van der Waals surface area contributed by atoms with Crippen LogP contribution in [0.25, 0.3) is 0 Å². The first-order valence-electron chi connectivity index (χ1n) is 5.61. The average molecular weight is 183 g/mol. The number of rotatable bonds is 2. The van der Waals surface area contributed by atoms with Crippen molar-refractivity contribution in [1.29, 1.82) is 0 Å². The van der Waals surface area contributed by atoms with E-state index in [1.54, 1.807) is 0 Å². The van der Waals surface area contributed by atoms with E-state index < -0.39 is 0 Å². The third-order valence-electron chi connectivity index (χ3n) is 4.27. The van der Waals surface area contributed by atoms with E-state index in [1.165, 1.54) is 13.0 Å². The number of aliphatic hydroxyl groups is 1. The highest BCUT2D eigenvalue weighted by Crippen LogP contribution is 2.41. The second-order valence-electron chi connectivity index (χ2n) is 4.84. The Morgan fingerprint density at radius 3 is 3.00 bits per heavy atom. The lowest BCUT2D eigenvalue weighted by molar-refractivity contribution is -0.0863. The lowest BCUT2D eigenvalue weighted by Gasteiger charge is -2.42. The molecule has 4 unspecified atom stereocenters. The van der Waals surface area contributed by atoms with E-state index >= 15 is 0 Å². The molecule has 13 heavy (non-hydrogen) atoms. The zero-order valence-electron chi connectivity index (χ0n) is 8.79. The molecule has 76 valence electrons. The topological polar surface area (TPSA) is 23.5 Å². The summed E-state index contributed by atoms with van der Waals surface area (Å²) >= 11 is 0. The van der Waals surface area contributed by atoms with E-state index in [4.69, 9.17) is 0 Å². The molecule has 0 aromatic rings. The predicted octanol–water partition coefficient (Wildman–Crippen LogP) is 1.49. The van der Waals surface area contributed by atoms with Gasteiger partial charge in [-0.25, -0.2) is 0 Å². The van der Waals surface area contributed by atoms with Gasteiger partial charge in [0.2, 0.25) is 0 Å². The Labute approximate surface area is 80.9 Å². The Morgan fingerprint density at radius 1 is 1.54 bits per heavy atom. The summed E-state index contributed by atoms with van der Waals surface area (Å²) in [4.78, 5) is 2.49. The van der Waals surface area contributed by atoms with Crippen molar-refractivity contribution in [3.63, 3.8) is 0 Å². The maximum atomic E-state index is 10.6. The van der Waals surface area contributed by atoms with E-state index in [9.17, 15) is 5.11 Å². The quantitative estimate of drug-likeness (QED) is 0.701. The molecule has 2 bridgehead atoms. The van der Waals surface area contributed by atoms with Crippen LogP contribution in [0.5, 0.6) is 0 Å². The van der Waals surface area contributed by atoms with Crippen LogP contribution < -0.4 is 0 Å². The predicted molar refractivity (Wildman–Crippen MR) is 53.6 cm³/mol. The van der Waals surface area contributed by atoms with Gasteiger partial charge in [0.25, 0.3) is 0 Å². The minimum atomic E-state index is -0.345. The SMILES string of the molecule is CCC(C)C1(O)CCN2CCC1C2. The van der Waals surface area contributed by atoms with Crippen LogP contribution in [0.1, 0.15) is 33.1 Å². The Balaban J connectivity index is 2.12. The lowest BCUT2D eigenvalue weighted by atomic mass is 9.73. The summed E-state index contributed by atoms with van der Waals surface area (Å²) in [5, 5.41) is 10.6. The van der Waals surface area contributed by atoms with Gasteiger partial charge in [0.15, 0.2) is 0 Å². The fourth-order valence-corrected chi connectivity index (χ4v) is 2.99. The zero-order valence-corrected chi connectivity index (χ0v) is 8.79. The molecule has 2 heterocycles. The van der Waals surface area contributed by atoms with Gasteiger partial charge in [-0.2, -0.15) is 0 Å². The molecule has 2 nitrogen and oxygen atoms in total. The highest BCUT2D eigenvalue weighted by atomic mass is 16.3. The van der Waals surface area contributed by atoms with Crippen molar-refractivity contribution in [2.75, 3.05) is 19.6 Å². The van der Waals surface area contributed by atoms with Gasteiger partial charge in [-0.15, -0.1) is 0 Å². The van der Waals surface area contributed by atoms with Crippen LogP contribution in [-0.2, 0) is 0 Å². The highest BCUT2D eigenvalue weighted by Gasteiger charge is 2.47. The van der Waals surface area contributed by atoms with Crippen LogP contribution in [0.2, 0.25) is 0 Å². The minimum Gasteiger partial charge on any atom is -0.389 e. The molecular formula is C11H21NO. The molecule has 2 saturated heterocycles. The van der Waals surface area contributed by atoms with Gasteiger partial charge in [0.05, 0.1) is 5.60 Å². The normalized spacial score (nSPS) is 46.4. The molecule has 1 N–H and O–H groups in total. The van der Waals surface area contributed by atoms with Gasteiger partial charge in [-0.3, -0.25) is 0 Å². The van der Waals surface area contributed by atoms with Crippen molar-refractivity contribution in [1.82, 2.24) is 4.90 Å². The highest BCUT2D eigenvalue weighted by molar-refractivity contribution is 4.99. The molecular weight excluding hydrogens is 162 g/mol. The van der Waals surface area contributed by atoms with Crippen LogP contribution in [0.15, 0.2) is 0 Å². The van der Waals surface area contributed by atoms with Crippen LogP contribution in [0.3, 0.4) is 0 Å². The molecule has 0 saturated carbocycles. The van der Waals surface area contributed by atoms with Gasteiger partial charge in [0.1, 0.15) is 0 Å². The van der Waals surface area contributed by atoms with Crippen molar-refractivity contribution in [2.45, 2.75) is 38.7 Å². The van der Waals surface area contributed by atoms with Crippen LogP contribution in [-0.4, -0.2) is 35.2 Å². The molecule has 0 aliphatic carbocycles. The van der Waals surface area contributed by atoms with Crippen LogP contribution in [0, 0.1) is 11.8 Å². The Hall–Kier alpha value is -0.0800. The summed E-state index contributed by atoms with van der Waals surface area (Å²) in [6.07, 6.45) is 3.31. The van der Waals surface area contributed by atoms with Gasteiger partial charge < -0.3 is 10.0 Å². The Kier molecular flexibility index (Phi) is 2.37. The maximum absolute atomic E-state index is 10.6. The van der Waals surface area contributed by atoms with Crippen molar-refractivity contribution in [2.24, 2.45) is 11.8 Å². The van der Waals surface area contributed by atoms with Gasteiger partial charge in [-0.1, -0.05) is 20.3 Å². The third kappa shape index (κ3) is 1.40. The second kappa shape index (κ2) is 3.25. The molecule has 2 aliphatic rings. The maximum Gasteiger partial charge on any atom is 0.0725 e. The summed E-state index contributed by atoms with van der Waals surface area (Å²) in [7, 11) is 0. The lowest BCUT2D eigenvalue weighted by Crippen LogP contribution is -2.50. The first kappa shape index (κ1) is 9.47. The first-order valence-corrected chi connectivity index (χ1v) is 5.61. The smallest absolute Gasteiger partial charge is 0.0725 e. The van der Waals surface area contributed by atoms with Crippen molar-refractivity contribution < 1.29 is 5.11 Å². The van der Waals surface area contributed by atoms with E-state index in [-0.39, 0.29) is 5.60 Å². The molecule has 0 aromatic carbocycles. The number of hydrogen-bond acceptors (Lipinski definition) is 2. The fourth-order valence-electron chi connectivity index (χ4n) is 2.99. The number of hydrogen-bond donors (Lipinski definition) is 1. The molecule has 0 amide bonds. The summed E-state index contributed by atoms with van der Waals surface area (Å²) in [5.74, 6) is 1.02. The summed E-state index contributed by atoms with van der Waals surface area (Å²) < 4.78 is 0. The molecule has 0 spiro atoms. The minimum absolute atomic E-state index is 0.345. The Morgan fingerprint density at radius 2 is 2.31 bits per heavy atom. The Bertz CT molecular complexity index is 195. The number of piperidine rings is 1. The van der Waals surface area contributed by atoms with Crippen molar-refractivity contribution >= 4 is 0 Å². The molecule has 2 aliphatic heterocycles. The summed E-state index contributed by atoms with van der Waals surface area (Å²) in [6, 6.07) is 0. The van der Waals surface area contributed by atoms with Crippen LogP contribution >= 0.6 is 0 Å². The van der Waals surface area contributed by atoms with Crippen molar-refractivity contribution in [3.05, 3.63) is 0 Å². The molecule has 4 atom stereocenters. The largest absolute Gasteiger partial charge is 0.389 e. The third-order valence-corrected chi connectivity index (χ3v) is 4.27. The molecule has 2 fully saturated rings. The summed E-state index contributed by atoms with van der Waals surface area (Å²) in [6.45, 7) is 7.85. The number of fused-ring (bicyclic) bond motifs is 2. The van der Waals surface area contributed by atoms with Crippen molar-refractivity contribution in [3.8, 4) is 0 Å². The summed E-state index contributed by atoms with van der Waals surface area (Å²) in [5.41, 5.74) is -0.345. The average Bonchev–Trinajstić information content (AvgIpc) is 2.56. The van der Waals surface area contributed by atoms with Gasteiger partial charge in [-0.05, 0) is 25.3 Å². The molecule has 2 rings (SSSR count). The first-order chi connectivity index (χ1) is 6.16. The van der Waals surface area contributed by atoms with E-state index in [1.807, 2.05) is 0 Å². The fraction of sp³-hybridized carbons (Fsp3) is 1.00.